The predicted molar refractivity (Wildman–Crippen MR) is 122 cm³/mol. The molecule has 3 aliphatic heterocycles. The largest absolute Gasteiger partial charge is 0.447 e. The van der Waals surface area contributed by atoms with Gasteiger partial charge in [-0.3, -0.25) is 19.9 Å². The molecule has 2 aromatic heterocycles. The number of halogens is 3. The molecular formula is C22H22F3N7O4. The molecule has 190 valence electrons. The molecule has 36 heavy (non-hydrogen) atoms. The summed E-state index contributed by atoms with van der Waals surface area (Å²) in [6, 6.07) is 3.18. The molecule has 14 heteroatoms. The molecule has 5 rings (SSSR count). The van der Waals surface area contributed by atoms with Gasteiger partial charge in [-0.15, -0.1) is 0 Å². The van der Waals surface area contributed by atoms with E-state index >= 15 is 0 Å². The minimum absolute atomic E-state index is 0.174. The highest BCUT2D eigenvalue weighted by Crippen LogP contribution is 2.39. The number of hydrogen-bond donors (Lipinski definition) is 2. The van der Waals surface area contributed by atoms with E-state index in [9.17, 15) is 27.6 Å². The second-order valence-corrected chi connectivity index (χ2v) is 8.63. The summed E-state index contributed by atoms with van der Waals surface area (Å²) in [5.74, 6) is -0.636. The van der Waals surface area contributed by atoms with Crippen molar-refractivity contribution in [2.45, 2.75) is 31.6 Å². The Kier molecular flexibility index (Phi) is 5.80. The van der Waals surface area contributed by atoms with Gasteiger partial charge in [-0.2, -0.15) is 13.2 Å². The minimum atomic E-state index is -4.60. The van der Waals surface area contributed by atoms with Crippen LogP contribution >= 0.6 is 0 Å². The Hall–Kier alpha value is -4.10. The third-order valence-electron chi connectivity index (χ3n) is 6.29. The topological polar surface area (TPSA) is 120 Å². The lowest BCUT2D eigenvalue weighted by molar-refractivity contribution is -0.149. The van der Waals surface area contributed by atoms with Crippen molar-refractivity contribution in [1.29, 1.82) is 0 Å². The summed E-state index contributed by atoms with van der Waals surface area (Å²) in [5.41, 5.74) is 0.864. The van der Waals surface area contributed by atoms with Crippen molar-refractivity contribution in [3.63, 3.8) is 0 Å². The van der Waals surface area contributed by atoms with Crippen molar-refractivity contribution in [2.75, 3.05) is 46.3 Å². The van der Waals surface area contributed by atoms with E-state index in [1.54, 1.807) is 12.1 Å². The minimum Gasteiger partial charge on any atom is -0.447 e. The number of nitrogens with one attached hydrogen (secondary N) is 2. The quantitative estimate of drug-likeness (QED) is 0.656. The molecule has 0 saturated carbocycles. The average molecular weight is 505 g/mol. The van der Waals surface area contributed by atoms with Gasteiger partial charge in [-0.1, -0.05) is 0 Å². The average Bonchev–Trinajstić information content (AvgIpc) is 3.45. The van der Waals surface area contributed by atoms with E-state index in [-0.39, 0.29) is 30.0 Å². The smallest absolute Gasteiger partial charge is 0.414 e. The Morgan fingerprint density at radius 2 is 2.03 bits per heavy atom. The molecule has 2 N–H and O–H groups in total. The number of rotatable bonds is 4. The van der Waals surface area contributed by atoms with E-state index in [0.29, 0.717) is 37.4 Å². The Bertz CT molecular complexity index is 1220. The maximum atomic E-state index is 13.4. The van der Waals surface area contributed by atoms with Gasteiger partial charge >= 0.3 is 18.3 Å². The number of pyridine rings is 2. The van der Waals surface area contributed by atoms with Crippen molar-refractivity contribution in [2.24, 2.45) is 0 Å². The molecule has 2 atom stereocenters. The van der Waals surface area contributed by atoms with E-state index in [1.165, 1.54) is 28.1 Å². The fraction of sp³-hybridized carbons (Fsp3) is 0.409. The standard InChI is InChI=1S/C22H22F3N7O4/c1-12(22(23,24)25)27-19(33)15-2-3-16-18(28-15)32(14-5-7-30(16)11-14)20(34)29-17-10-13(4-6-26-17)31-8-9-36-21(31)35/h2-4,6,10,12,14H,5,7-9,11H2,1H3,(H,27,33)(H,26,29,34)/t12?,14-/m0/s1. The molecule has 0 aromatic carbocycles. The zero-order valence-corrected chi connectivity index (χ0v) is 19.1. The number of urea groups is 1. The number of hydrogen-bond acceptors (Lipinski definition) is 7. The van der Waals surface area contributed by atoms with Crippen LogP contribution in [0.1, 0.15) is 23.8 Å². The van der Waals surface area contributed by atoms with E-state index < -0.39 is 30.2 Å². The Balaban J connectivity index is 1.40. The van der Waals surface area contributed by atoms with Gasteiger partial charge in [-0.05, 0) is 31.5 Å². The van der Waals surface area contributed by atoms with Crippen LogP contribution < -0.4 is 25.3 Å². The monoisotopic (exact) mass is 505 g/mol. The number of cyclic esters (lactones) is 1. The molecule has 4 amide bonds. The number of anilines is 4. The Morgan fingerprint density at radius 1 is 1.22 bits per heavy atom. The normalized spacial score (nSPS) is 19.6. The maximum Gasteiger partial charge on any atom is 0.414 e. The second-order valence-electron chi connectivity index (χ2n) is 8.63. The Morgan fingerprint density at radius 3 is 2.75 bits per heavy atom. The van der Waals surface area contributed by atoms with Crippen molar-refractivity contribution in [3.8, 4) is 0 Å². The first kappa shape index (κ1) is 23.6. The van der Waals surface area contributed by atoms with Crippen molar-refractivity contribution >= 4 is 41.0 Å². The van der Waals surface area contributed by atoms with Crippen LogP contribution in [0.3, 0.4) is 0 Å². The number of carbonyl (C=O) groups excluding carboxylic acids is 3. The lowest BCUT2D eigenvalue weighted by atomic mass is 10.1. The van der Waals surface area contributed by atoms with Crippen molar-refractivity contribution in [1.82, 2.24) is 15.3 Å². The summed E-state index contributed by atoms with van der Waals surface area (Å²) >= 11 is 0. The number of carbonyl (C=O) groups is 3. The fourth-order valence-corrected chi connectivity index (χ4v) is 4.40. The van der Waals surface area contributed by atoms with Crippen LogP contribution in [-0.2, 0) is 4.74 Å². The number of aromatic nitrogens is 2. The molecule has 11 nitrogen and oxygen atoms in total. The highest BCUT2D eigenvalue weighted by atomic mass is 19.4. The molecule has 0 aliphatic carbocycles. The summed E-state index contributed by atoms with van der Waals surface area (Å²) in [4.78, 5) is 51.0. The SMILES string of the molecule is CC(NC(=O)c1ccc2c(n1)N(C(=O)Nc1cc(N3CCOC3=O)ccn1)[C@H]1CCN2C1)C(F)(F)F. The summed E-state index contributed by atoms with van der Waals surface area (Å²) in [6.45, 7) is 2.67. The molecule has 2 aromatic rings. The van der Waals surface area contributed by atoms with Crippen LogP contribution in [0.15, 0.2) is 30.5 Å². The van der Waals surface area contributed by atoms with Gasteiger partial charge in [0.25, 0.3) is 5.91 Å². The van der Waals surface area contributed by atoms with E-state index in [2.05, 4.69) is 15.3 Å². The summed E-state index contributed by atoms with van der Waals surface area (Å²) in [6.07, 6.45) is -3.01. The van der Waals surface area contributed by atoms with Gasteiger partial charge in [0.05, 0.1) is 24.0 Å². The summed E-state index contributed by atoms with van der Waals surface area (Å²) in [7, 11) is 0. The lowest BCUT2D eigenvalue weighted by Gasteiger charge is -2.35. The first-order chi connectivity index (χ1) is 17.1. The van der Waals surface area contributed by atoms with Crippen LogP contribution in [0.2, 0.25) is 0 Å². The van der Waals surface area contributed by atoms with Crippen LogP contribution in [-0.4, -0.2) is 72.5 Å². The lowest BCUT2D eigenvalue weighted by Crippen LogP contribution is -2.49. The van der Waals surface area contributed by atoms with Crippen LogP contribution in [0.25, 0.3) is 0 Å². The van der Waals surface area contributed by atoms with Gasteiger partial charge in [0.1, 0.15) is 24.2 Å². The zero-order chi connectivity index (χ0) is 25.6. The summed E-state index contributed by atoms with van der Waals surface area (Å²) < 4.78 is 43.6. The van der Waals surface area contributed by atoms with Crippen molar-refractivity contribution in [3.05, 3.63) is 36.2 Å². The number of fused-ring (bicyclic) bond motifs is 4. The Labute approximate surface area is 203 Å². The van der Waals surface area contributed by atoms with Gasteiger partial charge in [0, 0.05) is 25.4 Å². The molecule has 2 saturated heterocycles. The van der Waals surface area contributed by atoms with Gasteiger partial charge in [0.2, 0.25) is 0 Å². The van der Waals surface area contributed by atoms with E-state index in [4.69, 9.17) is 4.74 Å². The predicted octanol–water partition coefficient (Wildman–Crippen LogP) is 2.74. The molecule has 2 bridgehead atoms. The molecule has 0 spiro atoms. The maximum absolute atomic E-state index is 13.4. The molecule has 0 radical (unpaired) electrons. The van der Waals surface area contributed by atoms with Crippen LogP contribution in [0.4, 0.5) is 45.8 Å². The van der Waals surface area contributed by atoms with Gasteiger partial charge in [0.15, 0.2) is 5.82 Å². The fourth-order valence-electron chi connectivity index (χ4n) is 4.40. The second kappa shape index (κ2) is 8.84. The number of nitrogens with zero attached hydrogens (tertiary/aromatic N) is 5. The molecule has 1 unspecified atom stereocenters. The molecule has 5 heterocycles. The highest BCUT2D eigenvalue weighted by molar-refractivity contribution is 6.05. The molecule has 2 fully saturated rings. The van der Waals surface area contributed by atoms with Crippen LogP contribution in [0, 0.1) is 0 Å². The highest BCUT2D eigenvalue weighted by Gasteiger charge is 2.41. The van der Waals surface area contributed by atoms with E-state index in [1.807, 2.05) is 10.2 Å². The third-order valence-corrected chi connectivity index (χ3v) is 6.29. The molecule has 3 aliphatic rings. The zero-order valence-electron chi connectivity index (χ0n) is 19.1. The summed E-state index contributed by atoms with van der Waals surface area (Å²) in [5, 5.41) is 4.59. The van der Waals surface area contributed by atoms with Gasteiger partial charge in [-0.25, -0.2) is 19.6 Å². The third kappa shape index (κ3) is 4.33. The first-order valence-electron chi connectivity index (χ1n) is 11.3. The molecular weight excluding hydrogens is 483 g/mol. The first-order valence-corrected chi connectivity index (χ1v) is 11.3. The number of amides is 4. The number of alkyl halides is 3. The van der Waals surface area contributed by atoms with E-state index in [0.717, 1.165) is 6.92 Å². The van der Waals surface area contributed by atoms with Crippen molar-refractivity contribution < 1.29 is 32.3 Å². The van der Waals surface area contributed by atoms with Crippen LogP contribution in [0.5, 0.6) is 0 Å². The number of ether oxygens (including phenoxy) is 1. The van der Waals surface area contributed by atoms with Gasteiger partial charge < -0.3 is 15.0 Å².